The van der Waals surface area contributed by atoms with Crippen molar-refractivity contribution in [3.05, 3.63) is 65.5 Å². The third-order valence-corrected chi connectivity index (χ3v) is 3.20. The second-order valence-electron chi connectivity index (χ2n) is 4.85. The fraction of sp³-hybridized carbons (Fsp3) is 0.235. The van der Waals surface area contributed by atoms with Crippen LogP contribution in [0.2, 0.25) is 0 Å². The third kappa shape index (κ3) is 4.05. The summed E-state index contributed by atoms with van der Waals surface area (Å²) in [6, 6.07) is 13.6. The monoisotopic (exact) mass is 287 g/mol. The minimum atomic E-state index is -0.334. The predicted octanol–water partition coefficient (Wildman–Crippen LogP) is 3.29. The van der Waals surface area contributed by atoms with Crippen LogP contribution in [-0.2, 0) is 0 Å². The lowest BCUT2D eigenvalue weighted by atomic mass is 10.1. The molecule has 0 spiro atoms. The van der Waals surface area contributed by atoms with Crippen molar-refractivity contribution < 1.29 is 13.9 Å². The van der Waals surface area contributed by atoms with Crippen molar-refractivity contribution in [2.24, 2.45) is 0 Å². The number of carbonyl (C=O) groups excluding carboxylic acids is 1. The number of nitrogens with zero attached hydrogens (tertiary/aromatic N) is 1. The first-order valence-corrected chi connectivity index (χ1v) is 6.77. The SMILES string of the molecule is Cc1cc(F)ccc1C(=O)N(C)CCOc1ccccc1. The molecule has 1 amide bonds. The summed E-state index contributed by atoms with van der Waals surface area (Å²) in [5.74, 6) is 0.305. The maximum Gasteiger partial charge on any atom is 0.253 e. The van der Waals surface area contributed by atoms with E-state index in [1.54, 1.807) is 18.9 Å². The van der Waals surface area contributed by atoms with Crippen LogP contribution in [0.5, 0.6) is 5.75 Å². The number of ether oxygens (including phenoxy) is 1. The molecule has 2 aromatic carbocycles. The first-order chi connectivity index (χ1) is 10.1. The Balaban J connectivity index is 1.90. The Hall–Kier alpha value is -2.36. The number of hydrogen-bond donors (Lipinski definition) is 0. The number of halogens is 1. The standard InChI is InChI=1S/C17H18FNO2/c1-13-12-14(18)8-9-16(13)17(20)19(2)10-11-21-15-6-4-3-5-7-15/h3-9,12H,10-11H2,1-2H3. The van der Waals surface area contributed by atoms with Gasteiger partial charge in [-0.05, 0) is 42.8 Å². The number of aryl methyl sites for hydroxylation is 1. The van der Waals surface area contributed by atoms with Gasteiger partial charge in [-0.1, -0.05) is 18.2 Å². The van der Waals surface area contributed by atoms with Crippen LogP contribution in [0.4, 0.5) is 4.39 Å². The lowest BCUT2D eigenvalue weighted by molar-refractivity contribution is 0.0773. The first kappa shape index (κ1) is 15.0. The van der Waals surface area contributed by atoms with E-state index in [1.807, 2.05) is 30.3 Å². The average Bonchev–Trinajstić information content (AvgIpc) is 2.47. The van der Waals surface area contributed by atoms with Gasteiger partial charge >= 0.3 is 0 Å². The van der Waals surface area contributed by atoms with Crippen LogP contribution in [0.1, 0.15) is 15.9 Å². The summed E-state index contributed by atoms with van der Waals surface area (Å²) in [5.41, 5.74) is 1.15. The molecular formula is C17H18FNO2. The minimum absolute atomic E-state index is 0.135. The number of hydrogen-bond acceptors (Lipinski definition) is 2. The van der Waals surface area contributed by atoms with Crippen LogP contribution in [-0.4, -0.2) is 31.0 Å². The molecule has 2 aromatic rings. The number of likely N-dealkylation sites (N-methyl/N-ethyl adjacent to an activating group) is 1. The molecule has 0 aromatic heterocycles. The van der Waals surface area contributed by atoms with Crippen molar-refractivity contribution in [2.75, 3.05) is 20.2 Å². The molecule has 0 aliphatic rings. The van der Waals surface area contributed by atoms with E-state index in [2.05, 4.69) is 0 Å². The topological polar surface area (TPSA) is 29.5 Å². The van der Waals surface area contributed by atoms with Gasteiger partial charge in [0.15, 0.2) is 0 Å². The smallest absolute Gasteiger partial charge is 0.253 e. The highest BCUT2D eigenvalue weighted by atomic mass is 19.1. The minimum Gasteiger partial charge on any atom is -0.492 e. The molecule has 0 atom stereocenters. The molecule has 3 nitrogen and oxygen atoms in total. The van der Waals surface area contributed by atoms with Gasteiger partial charge < -0.3 is 9.64 Å². The van der Waals surface area contributed by atoms with Crippen molar-refractivity contribution >= 4 is 5.91 Å². The van der Waals surface area contributed by atoms with Crippen molar-refractivity contribution in [1.82, 2.24) is 4.90 Å². The molecule has 0 N–H and O–H groups in total. The van der Waals surface area contributed by atoms with Gasteiger partial charge in [-0.15, -0.1) is 0 Å². The normalized spacial score (nSPS) is 10.2. The predicted molar refractivity (Wildman–Crippen MR) is 80.0 cm³/mol. The molecule has 0 unspecified atom stereocenters. The summed E-state index contributed by atoms with van der Waals surface area (Å²) >= 11 is 0. The van der Waals surface area contributed by atoms with Crippen molar-refractivity contribution in [3.63, 3.8) is 0 Å². The Morgan fingerprint density at radius 1 is 1.19 bits per heavy atom. The highest BCUT2D eigenvalue weighted by molar-refractivity contribution is 5.95. The summed E-state index contributed by atoms with van der Waals surface area (Å²) in [7, 11) is 1.71. The van der Waals surface area contributed by atoms with Gasteiger partial charge in [-0.25, -0.2) is 4.39 Å². The van der Waals surface area contributed by atoms with Crippen LogP contribution in [0.15, 0.2) is 48.5 Å². The van der Waals surface area contributed by atoms with E-state index in [1.165, 1.54) is 18.2 Å². The van der Waals surface area contributed by atoms with Crippen LogP contribution < -0.4 is 4.74 Å². The quantitative estimate of drug-likeness (QED) is 0.844. The lowest BCUT2D eigenvalue weighted by Gasteiger charge is -2.18. The number of carbonyl (C=O) groups is 1. The van der Waals surface area contributed by atoms with Gasteiger partial charge in [0.2, 0.25) is 0 Å². The van der Waals surface area contributed by atoms with Crippen LogP contribution >= 0.6 is 0 Å². The van der Waals surface area contributed by atoms with Gasteiger partial charge in [-0.3, -0.25) is 4.79 Å². The Bertz CT molecular complexity index is 613. The van der Waals surface area contributed by atoms with Gasteiger partial charge in [0, 0.05) is 12.6 Å². The number of amides is 1. The van der Waals surface area contributed by atoms with E-state index >= 15 is 0 Å². The third-order valence-electron chi connectivity index (χ3n) is 3.20. The molecule has 2 rings (SSSR count). The molecule has 4 heteroatoms. The van der Waals surface area contributed by atoms with Gasteiger partial charge in [0.1, 0.15) is 18.2 Å². The van der Waals surface area contributed by atoms with Crippen molar-refractivity contribution in [1.29, 1.82) is 0 Å². The second kappa shape index (κ2) is 6.88. The zero-order chi connectivity index (χ0) is 15.2. The maximum atomic E-state index is 13.1. The van der Waals surface area contributed by atoms with Crippen molar-refractivity contribution in [3.8, 4) is 5.75 Å². The lowest BCUT2D eigenvalue weighted by Crippen LogP contribution is -2.31. The Labute approximate surface area is 124 Å². The molecule has 0 saturated heterocycles. The summed E-state index contributed by atoms with van der Waals surface area (Å²) in [5, 5.41) is 0. The van der Waals surface area contributed by atoms with E-state index in [9.17, 15) is 9.18 Å². The van der Waals surface area contributed by atoms with E-state index in [-0.39, 0.29) is 11.7 Å². The second-order valence-corrected chi connectivity index (χ2v) is 4.85. The zero-order valence-corrected chi connectivity index (χ0v) is 12.2. The Kier molecular flexibility index (Phi) is 4.93. The van der Waals surface area contributed by atoms with Gasteiger partial charge in [0.25, 0.3) is 5.91 Å². The fourth-order valence-corrected chi connectivity index (χ4v) is 1.99. The maximum absolute atomic E-state index is 13.1. The van der Waals surface area contributed by atoms with E-state index in [4.69, 9.17) is 4.74 Å². The molecule has 0 bridgehead atoms. The Morgan fingerprint density at radius 2 is 1.90 bits per heavy atom. The molecular weight excluding hydrogens is 269 g/mol. The molecule has 0 aliphatic heterocycles. The average molecular weight is 287 g/mol. The van der Waals surface area contributed by atoms with E-state index in [0.29, 0.717) is 24.3 Å². The first-order valence-electron chi connectivity index (χ1n) is 6.77. The van der Waals surface area contributed by atoms with Gasteiger partial charge in [0.05, 0.1) is 6.54 Å². The summed E-state index contributed by atoms with van der Waals surface area (Å²) in [6.45, 7) is 2.60. The van der Waals surface area contributed by atoms with Gasteiger partial charge in [-0.2, -0.15) is 0 Å². The molecule has 0 saturated carbocycles. The molecule has 0 radical (unpaired) electrons. The summed E-state index contributed by atoms with van der Waals surface area (Å²) < 4.78 is 18.6. The van der Waals surface area contributed by atoms with E-state index in [0.717, 1.165) is 5.75 Å². The zero-order valence-electron chi connectivity index (χ0n) is 12.2. The molecule has 0 fully saturated rings. The summed E-state index contributed by atoms with van der Waals surface area (Å²) in [6.07, 6.45) is 0. The molecule has 0 heterocycles. The largest absolute Gasteiger partial charge is 0.492 e. The fourth-order valence-electron chi connectivity index (χ4n) is 1.99. The number of benzene rings is 2. The highest BCUT2D eigenvalue weighted by Crippen LogP contribution is 2.13. The van der Waals surface area contributed by atoms with Crippen LogP contribution in [0.25, 0.3) is 0 Å². The Morgan fingerprint density at radius 3 is 2.57 bits per heavy atom. The van der Waals surface area contributed by atoms with Crippen LogP contribution in [0, 0.1) is 12.7 Å². The molecule has 0 aliphatic carbocycles. The highest BCUT2D eigenvalue weighted by Gasteiger charge is 2.14. The van der Waals surface area contributed by atoms with Crippen LogP contribution in [0.3, 0.4) is 0 Å². The molecule has 21 heavy (non-hydrogen) atoms. The molecule has 110 valence electrons. The van der Waals surface area contributed by atoms with Crippen molar-refractivity contribution in [2.45, 2.75) is 6.92 Å². The van der Waals surface area contributed by atoms with E-state index < -0.39 is 0 Å². The number of rotatable bonds is 5. The summed E-state index contributed by atoms with van der Waals surface area (Å²) in [4.78, 5) is 13.8. The number of para-hydroxylation sites is 1.